The van der Waals surface area contributed by atoms with Crippen molar-refractivity contribution in [2.24, 2.45) is 9.98 Å². The van der Waals surface area contributed by atoms with Gasteiger partial charge in [0.05, 0.1) is 5.69 Å². The van der Waals surface area contributed by atoms with Crippen molar-refractivity contribution >= 4 is 23.8 Å². The van der Waals surface area contributed by atoms with Crippen LogP contribution in [-0.2, 0) is 6.42 Å². The molecule has 0 radical (unpaired) electrons. The highest BCUT2D eigenvalue weighted by Gasteiger charge is 2.38. The SMILES string of the molecule is C=N/C(NC1(C)CC1)=C(\C)C(C(=C)Nc1ccc2c(c1)N=C(C)C2)=C(C)C. The first kappa shape index (κ1) is 19.2. The van der Waals surface area contributed by atoms with Gasteiger partial charge in [-0.25, -0.2) is 4.99 Å². The van der Waals surface area contributed by atoms with E-state index in [0.717, 1.165) is 59.0 Å². The first-order valence-corrected chi connectivity index (χ1v) is 9.49. The van der Waals surface area contributed by atoms with E-state index in [1.165, 1.54) is 11.1 Å². The minimum atomic E-state index is 0.148. The first-order valence-electron chi connectivity index (χ1n) is 9.49. The summed E-state index contributed by atoms with van der Waals surface area (Å²) in [4.78, 5) is 8.88. The predicted octanol–water partition coefficient (Wildman–Crippen LogP) is 5.67. The fraction of sp³-hybridized carbons (Fsp3) is 0.391. The number of nitrogens with zero attached hydrogens (tertiary/aromatic N) is 2. The Labute approximate surface area is 162 Å². The molecule has 1 heterocycles. The fourth-order valence-electron chi connectivity index (χ4n) is 3.52. The van der Waals surface area contributed by atoms with Crippen LogP contribution in [0.5, 0.6) is 0 Å². The van der Waals surface area contributed by atoms with E-state index in [9.17, 15) is 0 Å². The molecule has 0 aromatic heterocycles. The number of hydrogen-bond donors (Lipinski definition) is 2. The first-order chi connectivity index (χ1) is 12.7. The summed E-state index contributed by atoms with van der Waals surface area (Å²) in [5, 5.41) is 7.00. The second-order valence-electron chi connectivity index (χ2n) is 8.16. The molecule has 1 aliphatic heterocycles. The number of benzene rings is 1. The van der Waals surface area contributed by atoms with Gasteiger partial charge in [-0.05, 0) is 71.9 Å². The van der Waals surface area contributed by atoms with Crippen molar-refractivity contribution in [2.45, 2.75) is 59.4 Å². The Bertz CT molecular complexity index is 891. The van der Waals surface area contributed by atoms with E-state index in [-0.39, 0.29) is 5.54 Å². The van der Waals surface area contributed by atoms with Crippen LogP contribution >= 0.6 is 0 Å². The Hall–Kier alpha value is -2.62. The number of aliphatic imine (C=N–C) groups is 2. The molecule has 1 aromatic rings. The Morgan fingerprint density at radius 2 is 1.93 bits per heavy atom. The Morgan fingerprint density at radius 3 is 2.52 bits per heavy atom. The Balaban J connectivity index is 1.85. The zero-order valence-corrected chi connectivity index (χ0v) is 17.2. The maximum atomic E-state index is 4.62. The molecule has 4 nitrogen and oxygen atoms in total. The summed E-state index contributed by atoms with van der Waals surface area (Å²) >= 11 is 0. The van der Waals surface area contributed by atoms with Crippen molar-refractivity contribution in [1.82, 2.24) is 5.32 Å². The van der Waals surface area contributed by atoms with E-state index in [1.54, 1.807) is 0 Å². The molecule has 0 atom stereocenters. The van der Waals surface area contributed by atoms with Crippen molar-refractivity contribution < 1.29 is 0 Å². The third-order valence-electron chi connectivity index (χ3n) is 5.25. The molecule has 1 fully saturated rings. The summed E-state index contributed by atoms with van der Waals surface area (Å²) in [5.41, 5.74) is 8.81. The standard InChI is InChI=1S/C23H30N4/c1-14(2)21(16(4)22(24-7)27-23(6)10-11-23)17(5)26-19-9-8-18-12-15(3)25-20(18)13-19/h8-9,13,26-27H,5,7,10-12H2,1-4,6H3/b22-16-. The molecule has 0 unspecified atom stereocenters. The third kappa shape index (κ3) is 4.21. The summed E-state index contributed by atoms with van der Waals surface area (Å²) in [5.74, 6) is 0.836. The summed E-state index contributed by atoms with van der Waals surface area (Å²) < 4.78 is 0. The van der Waals surface area contributed by atoms with Gasteiger partial charge < -0.3 is 10.6 Å². The van der Waals surface area contributed by atoms with E-state index >= 15 is 0 Å². The highest BCUT2D eigenvalue weighted by Crippen LogP contribution is 2.37. The molecule has 1 aromatic carbocycles. The number of hydrogen-bond acceptors (Lipinski definition) is 4. The lowest BCUT2D eigenvalue weighted by Crippen LogP contribution is -2.27. The van der Waals surface area contributed by atoms with Gasteiger partial charge in [-0.3, -0.25) is 4.99 Å². The second kappa shape index (κ2) is 7.18. The molecule has 2 aliphatic rings. The zero-order chi connectivity index (χ0) is 19.8. The van der Waals surface area contributed by atoms with Crippen molar-refractivity contribution in [1.29, 1.82) is 0 Å². The molecule has 3 rings (SSSR count). The summed E-state index contributed by atoms with van der Waals surface area (Å²) in [6.07, 6.45) is 3.27. The van der Waals surface area contributed by atoms with Crippen LogP contribution in [0.3, 0.4) is 0 Å². The van der Waals surface area contributed by atoms with Gasteiger partial charge in [0, 0.05) is 40.2 Å². The lowest BCUT2D eigenvalue weighted by atomic mass is 9.99. The van der Waals surface area contributed by atoms with Crippen LogP contribution in [0.4, 0.5) is 11.4 Å². The van der Waals surface area contributed by atoms with E-state index in [1.807, 2.05) is 0 Å². The topological polar surface area (TPSA) is 48.8 Å². The van der Waals surface area contributed by atoms with Gasteiger partial charge in [0.25, 0.3) is 0 Å². The van der Waals surface area contributed by atoms with Crippen LogP contribution in [0.1, 0.15) is 53.0 Å². The molecule has 0 bridgehead atoms. The van der Waals surface area contributed by atoms with Gasteiger partial charge in [-0.2, -0.15) is 0 Å². The van der Waals surface area contributed by atoms with Gasteiger partial charge in [-0.15, -0.1) is 0 Å². The number of anilines is 1. The number of fused-ring (bicyclic) bond motifs is 1. The average molecular weight is 363 g/mol. The van der Waals surface area contributed by atoms with Crippen LogP contribution in [-0.4, -0.2) is 18.0 Å². The predicted molar refractivity (Wildman–Crippen MR) is 117 cm³/mol. The van der Waals surface area contributed by atoms with Crippen LogP contribution in [0.15, 0.2) is 63.0 Å². The minimum absolute atomic E-state index is 0.148. The fourth-order valence-corrected chi connectivity index (χ4v) is 3.52. The van der Waals surface area contributed by atoms with Crippen LogP contribution in [0.2, 0.25) is 0 Å². The summed E-state index contributed by atoms with van der Waals surface area (Å²) in [6.45, 7) is 18.6. The highest BCUT2D eigenvalue weighted by molar-refractivity contribution is 5.92. The van der Waals surface area contributed by atoms with Crippen molar-refractivity contribution in [3.8, 4) is 0 Å². The molecule has 0 amide bonds. The largest absolute Gasteiger partial charge is 0.365 e. The number of rotatable bonds is 7. The molecule has 4 heteroatoms. The molecule has 0 saturated heterocycles. The average Bonchev–Trinajstić information content (AvgIpc) is 3.19. The quantitative estimate of drug-likeness (QED) is 0.485. The molecule has 1 saturated carbocycles. The Kier molecular flexibility index (Phi) is 5.09. The third-order valence-corrected chi connectivity index (χ3v) is 5.25. The van der Waals surface area contributed by atoms with Crippen LogP contribution in [0.25, 0.3) is 0 Å². The second-order valence-corrected chi connectivity index (χ2v) is 8.16. The summed E-state index contributed by atoms with van der Waals surface area (Å²) in [6, 6.07) is 6.33. The molecule has 2 N–H and O–H groups in total. The highest BCUT2D eigenvalue weighted by atomic mass is 15.1. The normalized spacial score (nSPS) is 17.3. The van der Waals surface area contributed by atoms with E-state index in [2.05, 4.69) is 86.7 Å². The van der Waals surface area contributed by atoms with Crippen LogP contribution in [0, 0.1) is 0 Å². The molecule has 27 heavy (non-hydrogen) atoms. The minimum Gasteiger partial charge on any atom is -0.365 e. The van der Waals surface area contributed by atoms with Crippen LogP contribution < -0.4 is 10.6 Å². The van der Waals surface area contributed by atoms with E-state index < -0.39 is 0 Å². The lowest BCUT2D eigenvalue weighted by molar-refractivity contribution is 0.601. The maximum Gasteiger partial charge on any atom is 0.129 e. The van der Waals surface area contributed by atoms with Gasteiger partial charge in [0.15, 0.2) is 0 Å². The zero-order valence-electron chi connectivity index (χ0n) is 17.2. The molecular formula is C23H30N4. The number of nitrogens with one attached hydrogen (secondary N) is 2. The van der Waals surface area contributed by atoms with E-state index in [0.29, 0.717) is 0 Å². The summed E-state index contributed by atoms with van der Waals surface area (Å²) in [7, 11) is 0. The van der Waals surface area contributed by atoms with Gasteiger partial charge in [-0.1, -0.05) is 18.2 Å². The van der Waals surface area contributed by atoms with Crippen molar-refractivity contribution in [3.63, 3.8) is 0 Å². The lowest BCUT2D eigenvalue weighted by Gasteiger charge is -2.21. The van der Waals surface area contributed by atoms with Crippen molar-refractivity contribution in [2.75, 3.05) is 5.32 Å². The molecule has 142 valence electrons. The van der Waals surface area contributed by atoms with Gasteiger partial charge in [0.2, 0.25) is 0 Å². The van der Waals surface area contributed by atoms with Gasteiger partial charge >= 0.3 is 0 Å². The molecule has 0 spiro atoms. The smallest absolute Gasteiger partial charge is 0.129 e. The van der Waals surface area contributed by atoms with E-state index in [4.69, 9.17) is 0 Å². The molecular weight excluding hydrogens is 332 g/mol. The number of allylic oxidation sites excluding steroid dienone is 2. The van der Waals surface area contributed by atoms with Gasteiger partial charge in [0.1, 0.15) is 5.82 Å². The Morgan fingerprint density at radius 1 is 1.22 bits per heavy atom. The monoisotopic (exact) mass is 362 g/mol. The van der Waals surface area contributed by atoms with Crippen molar-refractivity contribution in [3.05, 3.63) is 58.6 Å². The maximum absolute atomic E-state index is 4.62. The molecule has 1 aliphatic carbocycles.